The van der Waals surface area contributed by atoms with Gasteiger partial charge in [0.2, 0.25) is 0 Å². The van der Waals surface area contributed by atoms with Gasteiger partial charge in [0.15, 0.2) is 23.9 Å². The van der Waals surface area contributed by atoms with Gasteiger partial charge in [-0.3, -0.25) is 9.80 Å². The monoisotopic (exact) mass is 784 g/mol. The van der Waals surface area contributed by atoms with E-state index in [2.05, 4.69) is 9.88 Å². The van der Waals surface area contributed by atoms with Crippen molar-refractivity contribution >= 4 is 41.0 Å². The summed E-state index contributed by atoms with van der Waals surface area (Å²) in [4.78, 5) is 34.0. The lowest BCUT2D eigenvalue weighted by atomic mass is 9.86. The average Bonchev–Trinajstić information content (AvgIpc) is 3.21. The molecule has 2 bridgehead atoms. The number of para-hydroxylation sites is 1. The zero-order chi connectivity index (χ0) is 38.5. The van der Waals surface area contributed by atoms with Crippen molar-refractivity contribution in [2.45, 2.75) is 38.0 Å². The third-order valence-electron chi connectivity index (χ3n) is 10.4. The summed E-state index contributed by atoms with van der Waals surface area (Å²) in [7, 11) is 3.08. The Morgan fingerprint density at radius 1 is 0.873 bits per heavy atom. The number of hydrogen-bond donors (Lipinski definition) is 0. The van der Waals surface area contributed by atoms with Gasteiger partial charge in [0.1, 0.15) is 28.1 Å². The summed E-state index contributed by atoms with van der Waals surface area (Å²) in [6.45, 7) is 2.85. The van der Waals surface area contributed by atoms with E-state index in [4.69, 9.17) is 42.1 Å². The van der Waals surface area contributed by atoms with E-state index in [0.29, 0.717) is 50.7 Å². The lowest BCUT2D eigenvalue weighted by Crippen LogP contribution is -2.53. The number of halogens is 3. The van der Waals surface area contributed by atoms with Crippen molar-refractivity contribution in [3.05, 3.63) is 142 Å². The summed E-state index contributed by atoms with van der Waals surface area (Å²) < 4.78 is 38.2. The molecular weight excluding hydrogens is 744 g/mol. The Morgan fingerprint density at radius 2 is 1.60 bits per heavy atom. The van der Waals surface area contributed by atoms with Gasteiger partial charge in [-0.05, 0) is 90.5 Å². The fraction of sp³-hybridized carbons (Fsp3) is 0.279. The number of rotatable bonds is 12. The number of amides is 1. The molecule has 2 atom stereocenters. The van der Waals surface area contributed by atoms with Gasteiger partial charge in [-0.15, -0.1) is 0 Å². The maximum atomic E-state index is 15.1. The number of ether oxygens (including phenoxy) is 4. The van der Waals surface area contributed by atoms with Crippen molar-refractivity contribution in [2.24, 2.45) is 5.92 Å². The van der Waals surface area contributed by atoms with Gasteiger partial charge in [0.25, 0.3) is 0 Å². The maximum Gasteiger partial charge on any atom is 0.415 e. The summed E-state index contributed by atoms with van der Waals surface area (Å²) in [5, 5.41) is 0.810. The molecule has 55 heavy (non-hydrogen) atoms. The van der Waals surface area contributed by atoms with Gasteiger partial charge in [0, 0.05) is 18.5 Å². The number of carbonyl (C=O) groups excluding carboxylic acids is 2. The molecule has 1 amide bonds. The summed E-state index contributed by atoms with van der Waals surface area (Å²) in [6.07, 6.45) is 3.86. The number of anilines is 1. The highest BCUT2D eigenvalue weighted by Gasteiger charge is 2.38. The Hall–Kier alpha value is -5.16. The van der Waals surface area contributed by atoms with Crippen molar-refractivity contribution in [2.75, 3.05) is 38.8 Å². The highest BCUT2D eigenvalue weighted by atomic mass is 35.5. The summed E-state index contributed by atoms with van der Waals surface area (Å²) in [5.41, 5.74) is 4.17. The topological polar surface area (TPSA) is 91.7 Å². The zero-order valence-corrected chi connectivity index (χ0v) is 32.0. The number of aromatic amines is 1. The van der Waals surface area contributed by atoms with Crippen LogP contribution in [0.1, 0.15) is 46.0 Å². The van der Waals surface area contributed by atoms with Gasteiger partial charge < -0.3 is 18.9 Å². The molecule has 4 aromatic carbocycles. The summed E-state index contributed by atoms with van der Waals surface area (Å²) in [6, 6.07) is 26.2. The molecule has 1 N–H and O–H groups in total. The van der Waals surface area contributed by atoms with Gasteiger partial charge in [-0.1, -0.05) is 77.8 Å². The first-order valence-electron chi connectivity index (χ1n) is 18.1. The lowest BCUT2D eigenvalue weighted by Gasteiger charge is -2.44. The molecule has 0 aliphatic carbocycles. The molecule has 0 radical (unpaired) electrons. The Kier molecular flexibility index (Phi) is 11.9. The van der Waals surface area contributed by atoms with Gasteiger partial charge in [0.05, 0.1) is 32.0 Å². The minimum absolute atomic E-state index is 0.110. The third kappa shape index (κ3) is 8.72. The number of methoxy groups -OCH3 is 2. The Balaban J connectivity index is 1.10. The largest absolute Gasteiger partial charge is 0.493 e. The second kappa shape index (κ2) is 17.1. The van der Waals surface area contributed by atoms with Gasteiger partial charge >= 0.3 is 12.1 Å². The number of nitrogens with zero attached hydrogens (tertiary/aromatic N) is 2. The Morgan fingerprint density at radius 3 is 2.27 bits per heavy atom. The molecular formula is C43H41Cl2FN3O6+. The van der Waals surface area contributed by atoms with Crippen molar-refractivity contribution < 1.29 is 37.9 Å². The van der Waals surface area contributed by atoms with Crippen LogP contribution in [0.4, 0.5) is 14.9 Å². The normalized spacial score (nSPS) is 17.9. The summed E-state index contributed by atoms with van der Waals surface area (Å²) in [5.74, 6) is 0.281. The van der Waals surface area contributed by atoms with Crippen LogP contribution in [0.5, 0.6) is 11.5 Å². The average molecular weight is 786 g/mol. The first-order chi connectivity index (χ1) is 26.7. The van der Waals surface area contributed by atoms with E-state index in [1.807, 2.05) is 30.3 Å². The van der Waals surface area contributed by atoms with Gasteiger partial charge in [-0.25, -0.2) is 19.0 Å². The number of aromatic nitrogens is 1. The summed E-state index contributed by atoms with van der Waals surface area (Å²) >= 11 is 13.0. The molecule has 12 heteroatoms. The molecule has 4 heterocycles. The molecule has 3 aliphatic heterocycles. The van der Waals surface area contributed by atoms with E-state index >= 15 is 4.39 Å². The number of fused-ring (bicyclic) bond motifs is 3. The smallest absolute Gasteiger partial charge is 0.415 e. The van der Waals surface area contributed by atoms with E-state index in [-0.39, 0.29) is 24.8 Å². The molecule has 3 aliphatic rings. The van der Waals surface area contributed by atoms with Crippen LogP contribution >= 0.6 is 23.2 Å². The van der Waals surface area contributed by atoms with Crippen LogP contribution in [0.3, 0.4) is 0 Å². The minimum atomic E-state index is -0.775. The van der Waals surface area contributed by atoms with Crippen molar-refractivity contribution in [3.8, 4) is 22.6 Å². The Bertz CT molecular complexity index is 2140. The molecule has 0 saturated carbocycles. The number of carbonyl (C=O) groups is 2. The molecule has 0 unspecified atom stereocenters. The molecule has 9 nitrogen and oxygen atoms in total. The number of H-pyrrole nitrogens is 1. The third-order valence-corrected chi connectivity index (χ3v) is 11.0. The standard InChI is InChI=1S/C43H40Cl2FN3O6/c1-52-38-15-14-31(21-40(38)53-2)39(22-33-34(44)23-47-24-35(33)45)54-42(50)32-7-5-6-30(20-32)28-12-10-27(11-13-28)25-49(37-9-4-3-8-36(37)46)43(51)55-41-26-48-18-16-29(41)17-19-48/h3-15,20-21,23-24,29,39,41H,16-19,22,25-26H2,1-2H3/p+1/t39-,41-/m0/s1. The number of benzene rings is 4. The van der Waals surface area contributed by atoms with Crippen molar-refractivity contribution in [3.63, 3.8) is 0 Å². The quantitative estimate of drug-likeness (QED) is 0.117. The second-order valence-electron chi connectivity index (χ2n) is 13.7. The number of nitrogens with one attached hydrogen (secondary N) is 1. The fourth-order valence-corrected chi connectivity index (χ4v) is 7.83. The number of esters is 1. The molecule has 3 fully saturated rings. The van der Waals surface area contributed by atoms with Crippen LogP contribution in [0, 0.1) is 11.7 Å². The predicted octanol–water partition coefficient (Wildman–Crippen LogP) is 9.01. The molecule has 8 rings (SSSR count). The molecule has 5 aromatic rings. The first-order valence-corrected chi connectivity index (χ1v) is 18.9. The minimum Gasteiger partial charge on any atom is -0.493 e. The van der Waals surface area contributed by atoms with E-state index in [9.17, 15) is 9.59 Å². The fourth-order valence-electron chi connectivity index (χ4n) is 7.30. The van der Waals surface area contributed by atoms with Crippen LogP contribution in [0.2, 0.25) is 10.0 Å². The van der Waals surface area contributed by atoms with Gasteiger partial charge in [-0.2, -0.15) is 0 Å². The highest BCUT2D eigenvalue weighted by Crippen LogP contribution is 2.36. The highest BCUT2D eigenvalue weighted by molar-refractivity contribution is 6.35. The van der Waals surface area contributed by atoms with E-state index in [1.165, 1.54) is 18.1 Å². The lowest BCUT2D eigenvalue weighted by molar-refractivity contribution is -0.377. The molecule has 1 aromatic heterocycles. The van der Waals surface area contributed by atoms with Crippen LogP contribution in [0.15, 0.2) is 103 Å². The van der Waals surface area contributed by atoms with Crippen LogP contribution in [-0.4, -0.2) is 56.9 Å². The molecule has 0 spiro atoms. The number of pyridine rings is 1. The molecule has 284 valence electrons. The van der Waals surface area contributed by atoms with Crippen molar-refractivity contribution in [1.29, 1.82) is 0 Å². The van der Waals surface area contributed by atoms with E-state index < -0.39 is 24.0 Å². The number of piperidine rings is 3. The number of hydrogen-bond acceptors (Lipinski definition) is 7. The SMILES string of the molecule is COc1ccc([C@H](Cc2c(Cl)c[nH+]cc2Cl)OC(=O)c2cccc(-c3ccc(CN(C(=O)O[C@H]4CN5CCC4CC5)c4ccccc4F)cc3)c2)cc1OC. The second-order valence-corrected chi connectivity index (χ2v) is 14.5. The van der Waals surface area contributed by atoms with Crippen molar-refractivity contribution in [1.82, 2.24) is 4.90 Å². The van der Waals surface area contributed by atoms with E-state index in [0.717, 1.165) is 42.6 Å². The van der Waals surface area contributed by atoms with E-state index in [1.54, 1.807) is 74.1 Å². The van der Waals surface area contributed by atoms with Crippen LogP contribution < -0.4 is 19.4 Å². The van der Waals surface area contributed by atoms with Crippen LogP contribution in [0.25, 0.3) is 11.1 Å². The maximum absolute atomic E-state index is 15.1. The Labute approximate surface area is 329 Å². The molecule has 3 saturated heterocycles. The zero-order valence-electron chi connectivity index (χ0n) is 30.5. The predicted molar refractivity (Wildman–Crippen MR) is 208 cm³/mol. The first kappa shape index (κ1) is 38.1. The van der Waals surface area contributed by atoms with Crippen LogP contribution in [-0.2, 0) is 22.4 Å².